The van der Waals surface area contributed by atoms with E-state index in [1.807, 2.05) is 0 Å². The van der Waals surface area contributed by atoms with Crippen LogP contribution in [0.2, 0.25) is 5.02 Å². The van der Waals surface area contributed by atoms with Gasteiger partial charge in [0.15, 0.2) is 21.4 Å². The molecule has 2 aromatic carbocycles. The Labute approximate surface area is 167 Å². The van der Waals surface area contributed by atoms with E-state index in [-0.39, 0.29) is 35.8 Å². The topological polar surface area (TPSA) is 63.6 Å². The van der Waals surface area contributed by atoms with Gasteiger partial charge in [0.1, 0.15) is 10.6 Å². The number of hydrogen-bond acceptors (Lipinski definition) is 4. The van der Waals surface area contributed by atoms with E-state index >= 15 is 4.39 Å². The number of aliphatic hydroxyl groups excluding tert-OH is 1. The largest absolute Gasteiger partial charge is 0.490 e. The van der Waals surface area contributed by atoms with E-state index in [0.29, 0.717) is 17.9 Å². The van der Waals surface area contributed by atoms with Crippen molar-refractivity contribution in [2.45, 2.75) is 28.9 Å². The zero-order chi connectivity index (χ0) is 20.1. The summed E-state index contributed by atoms with van der Waals surface area (Å²) in [6.45, 7) is -0.358. The van der Waals surface area contributed by atoms with Gasteiger partial charge < -0.3 is 9.84 Å². The van der Waals surface area contributed by atoms with Crippen molar-refractivity contribution in [3.8, 4) is 5.75 Å². The maximum Gasteiger partial charge on any atom is 0.188 e. The first-order valence-electron chi connectivity index (χ1n) is 9.05. The van der Waals surface area contributed by atoms with Crippen molar-refractivity contribution in [2.75, 3.05) is 13.2 Å². The van der Waals surface area contributed by atoms with Gasteiger partial charge in [-0.15, -0.1) is 0 Å². The van der Waals surface area contributed by atoms with Crippen molar-refractivity contribution in [3.63, 3.8) is 0 Å². The maximum absolute atomic E-state index is 15.0. The third-order valence-electron chi connectivity index (χ3n) is 6.02. The standard InChI is InChI=1S/C20H19ClF2O4S/c21-13-3-5-14(6-4-13)28(25,26)20-9-1-2-12(10-24)15(20)11-27-19-17(23)8-7-16(22)18(19)20/h3-8,12,15,24H,1-2,9-11H2/t12-,15?,20-/m0/s1. The normalized spacial score (nSPS) is 26.9. The Morgan fingerprint density at radius 3 is 2.50 bits per heavy atom. The van der Waals surface area contributed by atoms with Crippen LogP contribution in [0.3, 0.4) is 0 Å². The van der Waals surface area contributed by atoms with Crippen molar-refractivity contribution in [2.24, 2.45) is 11.8 Å². The molecule has 150 valence electrons. The van der Waals surface area contributed by atoms with Crippen LogP contribution < -0.4 is 4.74 Å². The highest BCUT2D eigenvalue weighted by atomic mass is 35.5. The minimum atomic E-state index is -4.15. The van der Waals surface area contributed by atoms with Crippen molar-refractivity contribution >= 4 is 21.4 Å². The number of benzene rings is 2. The second-order valence-corrected chi connectivity index (χ2v) is 9.98. The molecule has 4 nitrogen and oxygen atoms in total. The molecule has 0 aromatic heterocycles. The summed E-state index contributed by atoms with van der Waals surface area (Å²) in [7, 11) is -4.15. The van der Waals surface area contributed by atoms with E-state index in [4.69, 9.17) is 16.3 Å². The predicted molar refractivity (Wildman–Crippen MR) is 100 cm³/mol. The SMILES string of the molecule is O=S(=O)(c1ccc(Cl)cc1)[C@@]12CCC[C@@H](CO)C1COc1c(F)ccc(F)c12. The predicted octanol–water partition coefficient (Wildman–Crippen LogP) is 4.09. The van der Waals surface area contributed by atoms with Crippen LogP contribution in [0.15, 0.2) is 41.3 Å². The van der Waals surface area contributed by atoms with Crippen molar-refractivity contribution in [1.82, 2.24) is 0 Å². The number of hydrogen-bond donors (Lipinski definition) is 1. The van der Waals surface area contributed by atoms with E-state index < -0.39 is 38.1 Å². The van der Waals surface area contributed by atoms with Crippen molar-refractivity contribution in [3.05, 3.63) is 58.6 Å². The fourth-order valence-corrected chi connectivity index (χ4v) is 7.30. The van der Waals surface area contributed by atoms with Gasteiger partial charge in [-0.2, -0.15) is 0 Å². The molecule has 8 heteroatoms. The lowest BCUT2D eigenvalue weighted by Crippen LogP contribution is -2.54. The Bertz CT molecular complexity index is 1010. The summed E-state index contributed by atoms with van der Waals surface area (Å²) in [5.41, 5.74) is -0.267. The number of sulfone groups is 1. The lowest BCUT2D eigenvalue weighted by Gasteiger charge is -2.50. The van der Waals surface area contributed by atoms with Gasteiger partial charge in [-0.25, -0.2) is 17.2 Å². The zero-order valence-corrected chi connectivity index (χ0v) is 16.4. The molecule has 0 radical (unpaired) electrons. The summed E-state index contributed by atoms with van der Waals surface area (Å²) in [6, 6.07) is 7.52. The van der Waals surface area contributed by atoms with Crippen LogP contribution in [0, 0.1) is 23.5 Å². The molecule has 0 amide bonds. The Morgan fingerprint density at radius 1 is 1.14 bits per heavy atom. The van der Waals surface area contributed by atoms with Gasteiger partial charge in [0.25, 0.3) is 0 Å². The molecule has 1 heterocycles. The average Bonchev–Trinajstić information content (AvgIpc) is 2.69. The second-order valence-electron chi connectivity index (χ2n) is 7.33. The fourth-order valence-electron chi connectivity index (χ4n) is 4.73. The zero-order valence-electron chi connectivity index (χ0n) is 14.9. The lowest BCUT2D eigenvalue weighted by atomic mass is 9.67. The monoisotopic (exact) mass is 428 g/mol. The molecular weight excluding hydrogens is 410 g/mol. The molecule has 0 bridgehead atoms. The summed E-state index contributed by atoms with van der Waals surface area (Å²) in [5.74, 6) is -3.07. The molecule has 1 aliphatic heterocycles. The first kappa shape index (κ1) is 19.6. The van der Waals surface area contributed by atoms with Gasteiger partial charge in [0, 0.05) is 17.5 Å². The van der Waals surface area contributed by atoms with Gasteiger partial charge in [-0.1, -0.05) is 18.0 Å². The number of halogens is 3. The van der Waals surface area contributed by atoms with Crippen LogP contribution in [0.25, 0.3) is 0 Å². The third kappa shape index (κ3) is 2.67. The highest BCUT2D eigenvalue weighted by Crippen LogP contribution is 2.57. The molecule has 2 aromatic rings. The molecule has 4 rings (SSSR count). The quantitative estimate of drug-likeness (QED) is 0.799. The average molecular weight is 429 g/mol. The van der Waals surface area contributed by atoms with Gasteiger partial charge >= 0.3 is 0 Å². The van der Waals surface area contributed by atoms with E-state index in [0.717, 1.165) is 12.1 Å². The van der Waals surface area contributed by atoms with Crippen molar-refractivity contribution in [1.29, 1.82) is 0 Å². The lowest BCUT2D eigenvalue weighted by molar-refractivity contribution is 0.0430. The molecule has 1 aliphatic carbocycles. The minimum Gasteiger partial charge on any atom is -0.490 e. The minimum absolute atomic E-state index is 0.0167. The second kappa shape index (κ2) is 6.97. The molecule has 0 saturated heterocycles. The van der Waals surface area contributed by atoms with E-state index in [1.54, 1.807) is 0 Å². The van der Waals surface area contributed by atoms with Crippen LogP contribution in [-0.2, 0) is 14.6 Å². The first-order chi connectivity index (χ1) is 13.3. The molecule has 3 atom stereocenters. The van der Waals surface area contributed by atoms with E-state index in [2.05, 4.69) is 0 Å². The number of ether oxygens (including phenoxy) is 1. The summed E-state index contributed by atoms with van der Waals surface area (Å²) < 4.78 is 61.0. The molecule has 2 aliphatic rings. The fraction of sp³-hybridized carbons (Fsp3) is 0.400. The van der Waals surface area contributed by atoms with Gasteiger partial charge in [-0.3, -0.25) is 0 Å². The number of fused-ring (bicyclic) bond motifs is 3. The molecule has 1 fully saturated rings. The molecule has 0 spiro atoms. The molecular formula is C20H19ClF2O4S. The van der Waals surface area contributed by atoms with Gasteiger partial charge in [0.2, 0.25) is 0 Å². The first-order valence-corrected chi connectivity index (χ1v) is 10.9. The molecule has 1 saturated carbocycles. The third-order valence-corrected chi connectivity index (χ3v) is 8.83. The van der Waals surface area contributed by atoms with Crippen LogP contribution in [-0.4, -0.2) is 26.7 Å². The summed E-state index contributed by atoms with van der Waals surface area (Å²) in [5, 5.41) is 10.2. The Morgan fingerprint density at radius 2 is 1.82 bits per heavy atom. The van der Waals surface area contributed by atoms with Crippen molar-refractivity contribution < 1.29 is 27.0 Å². The van der Waals surface area contributed by atoms with Crippen LogP contribution >= 0.6 is 11.6 Å². The number of aliphatic hydroxyl groups is 1. The molecule has 1 unspecified atom stereocenters. The summed E-state index contributed by atoms with van der Waals surface area (Å²) in [6.07, 6.45) is 1.18. The van der Waals surface area contributed by atoms with Crippen LogP contribution in [0.1, 0.15) is 24.8 Å². The van der Waals surface area contributed by atoms with E-state index in [1.165, 1.54) is 24.3 Å². The van der Waals surface area contributed by atoms with Crippen LogP contribution in [0.5, 0.6) is 5.75 Å². The Balaban J connectivity index is 2.04. The number of rotatable bonds is 3. The maximum atomic E-state index is 15.0. The highest BCUT2D eigenvalue weighted by Gasteiger charge is 2.60. The highest BCUT2D eigenvalue weighted by molar-refractivity contribution is 7.92. The Kier molecular flexibility index (Phi) is 4.88. The van der Waals surface area contributed by atoms with Crippen LogP contribution in [0.4, 0.5) is 8.78 Å². The Hall–Kier alpha value is -1.70. The summed E-state index contributed by atoms with van der Waals surface area (Å²) >= 11 is 5.90. The molecule has 28 heavy (non-hydrogen) atoms. The smallest absolute Gasteiger partial charge is 0.188 e. The van der Waals surface area contributed by atoms with E-state index in [9.17, 15) is 17.9 Å². The van der Waals surface area contributed by atoms with Gasteiger partial charge in [0.05, 0.1) is 17.1 Å². The summed E-state index contributed by atoms with van der Waals surface area (Å²) in [4.78, 5) is -0.0167. The van der Waals surface area contributed by atoms with Gasteiger partial charge in [-0.05, 0) is 55.2 Å². The molecule has 1 N–H and O–H groups in total.